The lowest BCUT2D eigenvalue weighted by atomic mass is 10.0. The van der Waals surface area contributed by atoms with E-state index in [2.05, 4.69) is 0 Å². The Labute approximate surface area is 191 Å². The number of halogens is 1. The minimum atomic E-state index is -0.526. The van der Waals surface area contributed by atoms with Gasteiger partial charge in [-0.2, -0.15) is 0 Å². The fraction of sp³-hybridized carbons (Fsp3) is 0.111. The molecule has 3 rings (SSSR count). The highest BCUT2D eigenvalue weighted by atomic mass is 19.1. The maximum Gasteiger partial charge on any atom is 0.341 e. The van der Waals surface area contributed by atoms with Gasteiger partial charge in [-0.1, -0.05) is 54.6 Å². The van der Waals surface area contributed by atoms with Gasteiger partial charge in [0, 0.05) is 5.56 Å². The molecule has 168 valence electrons. The van der Waals surface area contributed by atoms with E-state index in [1.54, 1.807) is 54.6 Å². The topological polar surface area (TPSA) is 61.8 Å². The number of allylic oxidation sites excluding steroid dienone is 1. The van der Waals surface area contributed by atoms with E-state index in [0.29, 0.717) is 22.4 Å². The Balaban J connectivity index is 1.75. The lowest BCUT2D eigenvalue weighted by Gasteiger charge is -2.13. The molecule has 33 heavy (non-hydrogen) atoms. The number of carbonyl (C=O) groups is 2. The first kappa shape index (κ1) is 23.5. The number of methoxy groups -OCH3 is 2. The third-order valence-corrected chi connectivity index (χ3v) is 4.74. The number of hydrogen-bond acceptors (Lipinski definition) is 5. The van der Waals surface area contributed by atoms with Crippen LogP contribution in [0.1, 0.15) is 27.0 Å². The standard InChI is InChI=1S/C27H23FO5/c1-31-18-25(27(30)32-2)24-12-4-3-8-21(24)17-33-23-11-6-9-20(16-23)26(29)14-13-19-7-5-10-22(28)15-19/h3-16,18H,17H2,1-2H3/b14-13+,25-18+. The summed E-state index contributed by atoms with van der Waals surface area (Å²) >= 11 is 0. The van der Waals surface area contributed by atoms with Gasteiger partial charge in [0.25, 0.3) is 0 Å². The normalized spacial score (nSPS) is 11.3. The fourth-order valence-corrected chi connectivity index (χ4v) is 3.14. The third-order valence-electron chi connectivity index (χ3n) is 4.74. The summed E-state index contributed by atoms with van der Waals surface area (Å²) in [5, 5.41) is 0. The smallest absolute Gasteiger partial charge is 0.341 e. The van der Waals surface area contributed by atoms with Gasteiger partial charge in [0.15, 0.2) is 5.78 Å². The highest BCUT2D eigenvalue weighted by Gasteiger charge is 2.17. The molecule has 0 aromatic heterocycles. The van der Waals surface area contributed by atoms with Crippen LogP contribution in [0.5, 0.6) is 5.75 Å². The van der Waals surface area contributed by atoms with Gasteiger partial charge in [-0.05, 0) is 47.0 Å². The minimum absolute atomic E-state index is 0.158. The van der Waals surface area contributed by atoms with Crippen molar-refractivity contribution in [2.24, 2.45) is 0 Å². The summed E-state index contributed by atoms with van der Waals surface area (Å²) in [4.78, 5) is 24.7. The van der Waals surface area contributed by atoms with Gasteiger partial charge in [0.05, 0.1) is 20.5 Å². The zero-order valence-electron chi connectivity index (χ0n) is 18.3. The van der Waals surface area contributed by atoms with E-state index in [1.165, 1.54) is 38.7 Å². The summed E-state index contributed by atoms with van der Waals surface area (Å²) in [7, 11) is 2.75. The molecule has 0 saturated carbocycles. The number of carbonyl (C=O) groups excluding carboxylic acids is 2. The second-order valence-corrected chi connectivity index (χ2v) is 6.99. The van der Waals surface area contributed by atoms with Crippen LogP contribution >= 0.6 is 0 Å². The lowest BCUT2D eigenvalue weighted by molar-refractivity contribution is -0.133. The lowest BCUT2D eigenvalue weighted by Crippen LogP contribution is -2.08. The van der Waals surface area contributed by atoms with Gasteiger partial charge in [-0.15, -0.1) is 0 Å². The number of ketones is 1. The van der Waals surface area contributed by atoms with Gasteiger partial charge in [-0.25, -0.2) is 9.18 Å². The Kier molecular flexibility index (Phi) is 8.13. The summed E-state index contributed by atoms with van der Waals surface area (Å²) in [6.45, 7) is 0.158. The minimum Gasteiger partial charge on any atom is -0.503 e. The molecular weight excluding hydrogens is 423 g/mol. The zero-order valence-corrected chi connectivity index (χ0v) is 18.3. The molecule has 0 amide bonds. The molecule has 3 aromatic rings. The quantitative estimate of drug-likeness (QED) is 0.189. The Morgan fingerprint density at radius 1 is 0.939 bits per heavy atom. The first-order valence-corrected chi connectivity index (χ1v) is 10.1. The third kappa shape index (κ3) is 6.40. The summed E-state index contributed by atoms with van der Waals surface area (Å²) in [5.41, 5.74) is 2.66. The maximum absolute atomic E-state index is 13.3. The molecular formula is C27H23FO5. The predicted molar refractivity (Wildman–Crippen MR) is 124 cm³/mol. The largest absolute Gasteiger partial charge is 0.503 e. The number of esters is 1. The number of benzene rings is 3. The zero-order chi connectivity index (χ0) is 23.6. The van der Waals surface area contributed by atoms with Gasteiger partial charge in [0.1, 0.15) is 23.7 Å². The average molecular weight is 446 g/mol. The molecule has 0 N–H and O–H groups in total. The molecule has 0 fully saturated rings. The van der Waals surface area contributed by atoms with E-state index >= 15 is 0 Å². The van der Waals surface area contributed by atoms with Crippen molar-refractivity contribution in [2.75, 3.05) is 14.2 Å². The van der Waals surface area contributed by atoms with Crippen LogP contribution in [-0.4, -0.2) is 26.0 Å². The molecule has 0 aliphatic carbocycles. The molecule has 0 bridgehead atoms. The van der Waals surface area contributed by atoms with Crippen LogP contribution < -0.4 is 4.74 Å². The monoisotopic (exact) mass is 446 g/mol. The van der Waals surface area contributed by atoms with E-state index in [1.807, 2.05) is 12.1 Å². The second-order valence-electron chi connectivity index (χ2n) is 6.99. The molecule has 5 nitrogen and oxygen atoms in total. The summed E-state index contributed by atoms with van der Waals surface area (Å²) < 4.78 is 29.1. The van der Waals surface area contributed by atoms with E-state index in [4.69, 9.17) is 14.2 Å². The molecule has 0 aliphatic heterocycles. The van der Waals surface area contributed by atoms with Crippen LogP contribution in [0, 0.1) is 5.82 Å². The van der Waals surface area contributed by atoms with E-state index < -0.39 is 5.97 Å². The van der Waals surface area contributed by atoms with Gasteiger partial charge in [-0.3, -0.25) is 4.79 Å². The summed E-state index contributed by atoms with van der Waals surface area (Å²) in [6.07, 6.45) is 4.28. The van der Waals surface area contributed by atoms with Crippen LogP contribution in [0.25, 0.3) is 11.6 Å². The van der Waals surface area contributed by atoms with Crippen LogP contribution in [0.4, 0.5) is 4.39 Å². The van der Waals surface area contributed by atoms with Crippen LogP contribution in [-0.2, 0) is 20.9 Å². The van der Waals surface area contributed by atoms with Crippen molar-refractivity contribution in [3.8, 4) is 5.75 Å². The molecule has 0 heterocycles. The molecule has 0 atom stereocenters. The van der Waals surface area contributed by atoms with Gasteiger partial charge < -0.3 is 14.2 Å². The maximum atomic E-state index is 13.3. The van der Waals surface area contributed by atoms with Gasteiger partial charge >= 0.3 is 5.97 Å². The van der Waals surface area contributed by atoms with Crippen molar-refractivity contribution >= 4 is 23.4 Å². The average Bonchev–Trinajstić information content (AvgIpc) is 2.84. The molecule has 0 spiro atoms. The highest BCUT2D eigenvalue weighted by molar-refractivity contribution is 6.16. The van der Waals surface area contributed by atoms with Crippen LogP contribution in [0.2, 0.25) is 0 Å². The van der Waals surface area contributed by atoms with Crippen LogP contribution in [0.15, 0.2) is 85.1 Å². The van der Waals surface area contributed by atoms with Gasteiger partial charge in [0.2, 0.25) is 0 Å². The Morgan fingerprint density at radius 3 is 2.48 bits per heavy atom. The summed E-state index contributed by atoms with van der Waals surface area (Å²) in [6, 6.07) is 20.0. The Morgan fingerprint density at radius 2 is 1.73 bits per heavy atom. The van der Waals surface area contributed by atoms with Crippen molar-refractivity contribution < 1.29 is 28.2 Å². The molecule has 0 radical (unpaired) electrons. The number of rotatable bonds is 9. The van der Waals surface area contributed by atoms with Crippen molar-refractivity contribution in [2.45, 2.75) is 6.61 Å². The summed E-state index contributed by atoms with van der Waals surface area (Å²) in [5.74, 6) is -0.635. The highest BCUT2D eigenvalue weighted by Crippen LogP contribution is 2.23. The van der Waals surface area contributed by atoms with Crippen molar-refractivity contribution in [1.82, 2.24) is 0 Å². The SMILES string of the molecule is CO/C=C(/C(=O)OC)c1ccccc1COc1cccc(C(=O)/C=C/c2cccc(F)c2)c1. The number of ether oxygens (including phenoxy) is 3. The first-order valence-electron chi connectivity index (χ1n) is 10.1. The molecule has 0 saturated heterocycles. The predicted octanol–water partition coefficient (Wildman–Crippen LogP) is 5.46. The van der Waals surface area contributed by atoms with Crippen molar-refractivity contribution in [3.05, 3.63) is 113 Å². The Hall–Kier alpha value is -4.19. The fourth-order valence-electron chi connectivity index (χ4n) is 3.14. The molecule has 0 unspecified atom stereocenters. The van der Waals surface area contributed by atoms with Crippen LogP contribution in [0.3, 0.4) is 0 Å². The molecule has 0 aliphatic rings. The molecule has 6 heteroatoms. The molecule has 3 aromatic carbocycles. The van der Waals surface area contributed by atoms with E-state index in [0.717, 1.165) is 5.56 Å². The number of hydrogen-bond donors (Lipinski definition) is 0. The van der Waals surface area contributed by atoms with E-state index in [9.17, 15) is 14.0 Å². The first-order chi connectivity index (χ1) is 16.0. The van der Waals surface area contributed by atoms with E-state index in [-0.39, 0.29) is 23.8 Å². The van der Waals surface area contributed by atoms with Crippen molar-refractivity contribution in [1.29, 1.82) is 0 Å². The Bertz CT molecular complexity index is 1200. The van der Waals surface area contributed by atoms with Crippen molar-refractivity contribution in [3.63, 3.8) is 0 Å². The second kappa shape index (κ2) is 11.4.